The first-order valence-corrected chi connectivity index (χ1v) is 7.32. The number of fused-ring (bicyclic) bond motifs is 2. The van der Waals surface area contributed by atoms with Crippen LogP contribution in [0.3, 0.4) is 0 Å². The van der Waals surface area contributed by atoms with Crippen molar-refractivity contribution in [1.82, 2.24) is 19.6 Å². The number of aliphatic hydroxyl groups excluding tert-OH is 1. The zero-order chi connectivity index (χ0) is 13.9. The maximum Gasteiger partial charge on any atom is 0.255 e. The van der Waals surface area contributed by atoms with Crippen LogP contribution in [-0.4, -0.2) is 43.9 Å². The highest BCUT2D eigenvalue weighted by Crippen LogP contribution is 2.41. The molecule has 0 bridgehead atoms. The van der Waals surface area contributed by atoms with Crippen molar-refractivity contribution in [2.75, 3.05) is 18.0 Å². The van der Waals surface area contributed by atoms with Crippen LogP contribution in [0, 0.1) is 18.8 Å². The molecule has 7 heteroatoms. The summed E-state index contributed by atoms with van der Waals surface area (Å²) in [5.41, 5.74) is 0.916. The van der Waals surface area contributed by atoms with E-state index in [-0.39, 0.29) is 6.10 Å². The Labute approximate surface area is 121 Å². The number of hydrogen-bond donors (Lipinski definition) is 1. The van der Waals surface area contributed by atoms with E-state index in [1.54, 1.807) is 4.52 Å². The van der Waals surface area contributed by atoms with Crippen LogP contribution in [-0.2, 0) is 0 Å². The number of aliphatic hydroxyl groups is 1. The standard InChI is InChI=1S/C13H16ClN5O/c1-7-11(14)17-13-15-6-16-19(13)12(7)18-4-8-2-3-10(20)9(8)5-18/h6,8-10,20H,2-5H2,1H3. The quantitative estimate of drug-likeness (QED) is 0.803. The Morgan fingerprint density at radius 2 is 2.20 bits per heavy atom. The van der Waals surface area contributed by atoms with Gasteiger partial charge in [0.2, 0.25) is 0 Å². The fourth-order valence-corrected chi connectivity index (χ4v) is 3.82. The Balaban J connectivity index is 1.79. The molecule has 0 spiro atoms. The minimum atomic E-state index is -0.172. The molecular weight excluding hydrogens is 278 g/mol. The van der Waals surface area contributed by atoms with Gasteiger partial charge in [0.15, 0.2) is 0 Å². The van der Waals surface area contributed by atoms with Gasteiger partial charge in [-0.1, -0.05) is 11.6 Å². The molecule has 3 atom stereocenters. The number of rotatable bonds is 1. The molecule has 3 heterocycles. The van der Waals surface area contributed by atoms with Gasteiger partial charge in [-0.3, -0.25) is 0 Å². The Morgan fingerprint density at radius 3 is 3.00 bits per heavy atom. The molecule has 2 aromatic heterocycles. The fourth-order valence-electron chi connectivity index (χ4n) is 3.66. The topological polar surface area (TPSA) is 66.5 Å². The van der Waals surface area contributed by atoms with Crippen LogP contribution < -0.4 is 4.90 Å². The van der Waals surface area contributed by atoms with Crippen LogP contribution in [0.2, 0.25) is 5.15 Å². The van der Waals surface area contributed by atoms with E-state index in [0.717, 1.165) is 37.3 Å². The highest BCUT2D eigenvalue weighted by atomic mass is 35.5. The van der Waals surface area contributed by atoms with Crippen LogP contribution in [0.15, 0.2) is 6.33 Å². The van der Waals surface area contributed by atoms with Gasteiger partial charge < -0.3 is 10.0 Å². The molecule has 4 rings (SSSR count). The largest absolute Gasteiger partial charge is 0.393 e. The van der Waals surface area contributed by atoms with Gasteiger partial charge >= 0.3 is 0 Å². The second-order valence-corrected chi connectivity index (χ2v) is 6.15. The number of hydrogen-bond acceptors (Lipinski definition) is 5. The minimum absolute atomic E-state index is 0.172. The molecule has 6 nitrogen and oxygen atoms in total. The van der Waals surface area contributed by atoms with E-state index in [9.17, 15) is 5.11 Å². The van der Waals surface area contributed by atoms with Crippen molar-refractivity contribution in [3.63, 3.8) is 0 Å². The predicted octanol–water partition coefficient (Wildman–Crippen LogP) is 1.29. The molecule has 1 aliphatic heterocycles. The maximum absolute atomic E-state index is 10.1. The van der Waals surface area contributed by atoms with E-state index in [0.29, 0.717) is 22.8 Å². The maximum atomic E-state index is 10.1. The highest BCUT2D eigenvalue weighted by molar-refractivity contribution is 6.30. The van der Waals surface area contributed by atoms with Gasteiger partial charge in [0.1, 0.15) is 17.3 Å². The number of halogens is 1. The summed E-state index contributed by atoms with van der Waals surface area (Å²) in [5, 5.41) is 14.8. The lowest BCUT2D eigenvalue weighted by atomic mass is 10.00. The average molecular weight is 294 g/mol. The smallest absolute Gasteiger partial charge is 0.255 e. The zero-order valence-corrected chi connectivity index (χ0v) is 12.0. The Kier molecular flexibility index (Phi) is 2.65. The van der Waals surface area contributed by atoms with Gasteiger partial charge in [-0.2, -0.15) is 19.6 Å². The van der Waals surface area contributed by atoms with E-state index < -0.39 is 0 Å². The van der Waals surface area contributed by atoms with Gasteiger partial charge in [-0.25, -0.2) is 0 Å². The molecule has 0 aromatic carbocycles. The third-order valence-corrected chi connectivity index (χ3v) is 5.06. The lowest BCUT2D eigenvalue weighted by Gasteiger charge is -2.23. The van der Waals surface area contributed by atoms with Gasteiger partial charge in [0.05, 0.1) is 6.10 Å². The highest BCUT2D eigenvalue weighted by Gasteiger charge is 2.43. The Morgan fingerprint density at radius 1 is 1.35 bits per heavy atom. The van der Waals surface area contributed by atoms with Crippen LogP contribution in [0.4, 0.5) is 5.82 Å². The lowest BCUT2D eigenvalue weighted by Crippen LogP contribution is -2.27. The monoisotopic (exact) mass is 293 g/mol. The number of nitrogens with zero attached hydrogens (tertiary/aromatic N) is 5. The molecule has 20 heavy (non-hydrogen) atoms. The van der Waals surface area contributed by atoms with Crippen molar-refractivity contribution < 1.29 is 5.11 Å². The Bertz CT molecular complexity index is 672. The van der Waals surface area contributed by atoms with Crippen LogP contribution in [0.25, 0.3) is 5.78 Å². The summed E-state index contributed by atoms with van der Waals surface area (Å²) < 4.78 is 1.74. The molecule has 106 valence electrons. The van der Waals surface area contributed by atoms with Gasteiger partial charge in [-0.05, 0) is 25.7 Å². The van der Waals surface area contributed by atoms with Gasteiger partial charge in [-0.15, -0.1) is 0 Å². The summed E-state index contributed by atoms with van der Waals surface area (Å²) in [6, 6.07) is 0. The van der Waals surface area contributed by atoms with Crippen molar-refractivity contribution in [3.05, 3.63) is 17.0 Å². The zero-order valence-electron chi connectivity index (χ0n) is 11.2. The first kappa shape index (κ1) is 12.3. The van der Waals surface area contributed by atoms with Crippen LogP contribution in [0.5, 0.6) is 0 Å². The number of anilines is 1. The molecule has 2 fully saturated rings. The van der Waals surface area contributed by atoms with Crippen molar-refractivity contribution in [2.24, 2.45) is 11.8 Å². The molecule has 3 unspecified atom stereocenters. The minimum Gasteiger partial charge on any atom is -0.393 e. The van der Waals surface area contributed by atoms with E-state index >= 15 is 0 Å². The second kappa shape index (κ2) is 4.30. The van der Waals surface area contributed by atoms with E-state index in [2.05, 4.69) is 20.0 Å². The third kappa shape index (κ3) is 1.64. The summed E-state index contributed by atoms with van der Waals surface area (Å²) in [6.07, 6.45) is 3.35. The molecular formula is C13H16ClN5O. The van der Waals surface area contributed by atoms with Gasteiger partial charge in [0.25, 0.3) is 5.78 Å². The molecule has 1 aliphatic carbocycles. The van der Waals surface area contributed by atoms with Crippen molar-refractivity contribution in [1.29, 1.82) is 0 Å². The first-order chi connectivity index (χ1) is 9.65. The molecule has 0 amide bonds. The second-order valence-electron chi connectivity index (χ2n) is 5.80. The SMILES string of the molecule is Cc1c(Cl)nc2ncnn2c1N1CC2CCC(O)C2C1. The summed E-state index contributed by atoms with van der Waals surface area (Å²) in [7, 11) is 0. The predicted molar refractivity (Wildman–Crippen MR) is 75.0 cm³/mol. The van der Waals surface area contributed by atoms with Crippen molar-refractivity contribution in [3.8, 4) is 0 Å². The first-order valence-electron chi connectivity index (χ1n) is 6.94. The van der Waals surface area contributed by atoms with E-state index in [4.69, 9.17) is 11.6 Å². The third-order valence-electron chi connectivity index (χ3n) is 4.69. The molecule has 1 N–H and O–H groups in total. The normalized spacial score (nSPS) is 29.4. The summed E-state index contributed by atoms with van der Waals surface area (Å²) in [5.74, 6) is 2.40. The fraction of sp³-hybridized carbons (Fsp3) is 0.615. The van der Waals surface area contributed by atoms with E-state index in [1.807, 2.05) is 6.92 Å². The molecule has 2 aliphatic rings. The van der Waals surface area contributed by atoms with Crippen LogP contribution >= 0.6 is 11.6 Å². The summed E-state index contributed by atoms with van der Waals surface area (Å²) in [4.78, 5) is 10.6. The van der Waals surface area contributed by atoms with Gasteiger partial charge in [0, 0.05) is 24.6 Å². The molecule has 2 aromatic rings. The lowest BCUT2D eigenvalue weighted by molar-refractivity contribution is 0.133. The molecule has 1 saturated carbocycles. The van der Waals surface area contributed by atoms with Crippen molar-refractivity contribution in [2.45, 2.75) is 25.9 Å². The Hall–Kier alpha value is -1.40. The van der Waals surface area contributed by atoms with Crippen molar-refractivity contribution >= 4 is 23.2 Å². The average Bonchev–Trinajstić information content (AvgIpc) is 3.09. The molecule has 0 radical (unpaired) electrons. The van der Waals surface area contributed by atoms with E-state index in [1.165, 1.54) is 6.33 Å². The number of aromatic nitrogens is 4. The molecule has 1 saturated heterocycles. The summed E-state index contributed by atoms with van der Waals surface area (Å²) in [6.45, 7) is 3.75. The van der Waals surface area contributed by atoms with Crippen LogP contribution in [0.1, 0.15) is 18.4 Å². The summed E-state index contributed by atoms with van der Waals surface area (Å²) >= 11 is 6.21.